The van der Waals surface area contributed by atoms with E-state index in [9.17, 15) is 14.7 Å². The number of para-hydroxylation sites is 1. The summed E-state index contributed by atoms with van der Waals surface area (Å²) >= 11 is 0. The third kappa shape index (κ3) is 4.60. The minimum Gasteiger partial charge on any atom is -0.481 e. The maximum absolute atomic E-state index is 13.1. The second-order valence-electron chi connectivity index (χ2n) is 9.58. The second kappa shape index (κ2) is 9.41. The van der Waals surface area contributed by atoms with Gasteiger partial charge in [0.2, 0.25) is 11.9 Å². The van der Waals surface area contributed by atoms with Crippen molar-refractivity contribution in [1.29, 1.82) is 0 Å². The molecule has 1 aromatic heterocycles. The lowest BCUT2D eigenvalue weighted by Crippen LogP contribution is -2.50. The molecule has 7 nitrogen and oxygen atoms in total. The molecule has 0 atom stereocenters. The van der Waals surface area contributed by atoms with Crippen molar-refractivity contribution in [1.82, 2.24) is 14.9 Å². The topological polar surface area (TPSA) is 86.6 Å². The molecule has 2 aliphatic rings. The summed E-state index contributed by atoms with van der Waals surface area (Å²) in [5.41, 5.74) is 2.50. The number of carbonyl (C=O) groups is 2. The highest BCUT2D eigenvalue weighted by Gasteiger charge is 2.39. The highest BCUT2D eigenvalue weighted by Crippen LogP contribution is 2.44. The van der Waals surface area contributed by atoms with E-state index in [4.69, 9.17) is 9.97 Å². The van der Waals surface area contributed by atoms with Gasteiger partial charge >= 0.3 is 5.97 Å². The molecule has 1 saturated heterocycles. The van der Waals surface area contributed by atoms with Gasteiger partial charge in [-0.05, 0) is 24.3 Å². The Morgan fingerprint density at radius 3 is 2.24 bits per heavy atom. The van der Waals surface area contributed by atoms with Gasteiger partial charge in [0.25, 0.3) is 0 Å². The van der Waals surface area contributed by atoms with Gasteiger partial charge in [-0.3, -0.25) is 9.59 Å². The summed E-state index contributed by atoms with van der Waals surface area (Å²) < 4.78 is 0. The molecule has 0 bridgehead atoms. The number of piperazine rings is 1. The summed E-state index contributed by atoms with van der Waals surface area (Å²) in [6.07, 6.45) is 4.11. The minimum absolute atomic E-state index is 0.0761. The average Bonchev–Trinajstić information content (AvgIpc) is 3.31. The predicted octanol–water partition coefficient (Wildman–Crippen LogP) is 4.37. The van der Waals surface area contributed by atoms with E-state index in [1.54, 1.807) is 0 Å². The minimum atomic E-state index is -0.804. The third-order valence-corrected chi connectivity index (χ3v) is 7.27. The van der Waals surface area contributed by atoms with Gasteiger partial charge in [0.1, 0.15) is 0 Å². The van der Waals surface area contributed by atoms with Crippen LogP contribution in [0, 0.1) is 5.41 Å². The molecule has 7 heteroatoms. The molecule has 2 fully saturated rings. The number of carboxylic acids is 1. The van der Waals surface area contributed by atoms with E-state index in [0.717, 1.165) is 47.8 Å². The molecule has 1 aliphatic carbocycles. The molecule has 1 saturated carbocycles. The maximum Gasteiger partial charge on any atom is 0.303 e. The highest BCUT2D eigenvalue weighted by atomic mass is 16.4. The van der Waals surface area contributed by atoms with Crippen LogP contribution in [-0.4, -0.2) is 58.0 Å². The Kier molecular flexibility index (Phi) is 6.18. The van der Waals surface area contributed by atoms with Crippen LogP contribution in [0.1, 0.15) is 38.5 Å². The lowest BCUT2D eigenvalue weighted by Gasteiger charge is -2.37. The highest BCUT2D eigenvalue weighted by molar-refractivity contribution is 5.93. The fourth-order valence-electron chi connectivity index (χ4n) is 5.47. The molecule has 2 heterocycles. The van der Waals surface area contributed by atoms with Gasteiger partial charge in [0.15, 0.2) is 0 Å². The summed E-state index contributed by atoms with van der Waals surface area (Å²) in [4.78, 5) is 38.3. The summed E-state index contributed by atoms with van der Waals surface area (Å²) in [7, 11) is 0. The number of hydrogen-bond acceptors (Lipinski definition) is 5. The first kappa shape index (κ1) is 22.3. The maximum atomic E-state index is 13.1. The monoisotopic (exact) mass is 458 g/mol. The number of fused-ring (bicyclic) bond motifs is 1. The average molecular weight is 459 g/mol. The molecule has 176 valence electrons. The fraction of sp³-hybridized carbons (Fsp3) is 0.407. The van der Waals surface area contributed by atoms with Crippen molar-refractivity contribution in [2.75, 3.05) is 31.1 Å². The molecule has 0 unspecified atom stereocenters. The van der Waals surface area contributed by atoms with E-state index in [-0.39, 0.29) is 17.7 Å². The number of anilines is 1. The van der Waals surface area contributed by atoms with Crippen LogP contribution < -0.4 is 4.90 Å². The van der Waals surface area contributed by atoms with Crippen LogP contribution in [-0.2, 0) is 9.59 Å². The van der Waals surface area contributed by atoms with E-state index >= 15 is 0 Å². The van der Waals surface area contributed by atoms with Crippen molar-refractivity contribution < 1.29 is 14.7 Å². The van der Waals surface area contributed by atoms with Crippen molar-refractivity contribution >= 4 is 28.7 Å². The summed E-state index contributed by atoms with van der Waals surface area (Å²) in [5, 5.41) is 10.4. The molecule has 0 spiro atoms. The van der Waals surface area contributed by atoms with Gasteiger partial charge in [-0.15, -0.1) is 0 Å². The molecule has 0 radical (unpaired) electrons. The quantitative estimate of drug-likeness (QED) is 0.590. The second-order valence-corrected chi connectivity index (χ2v) is 9.58. The van der Waals surface area contributed by atoms with Gasteiger partial charge in [-0.25, -0.2) is 9.97 Å². The number of aliphatic carboxylic acids is 1. The number of aromatic nitrogens is 2. The van der Waals surface area contributed by atoms with E-state index in [1.165, 1.54) is 0 Å². The van der Waals surface area contributed by atoms with Gasteiger partial charge in [0.05, 0.1) is 17.6 Å². The van der Waals surface area contributed by atoms with E-state index in [0.29, 0.717) is 38.5 Å². The van der Waals surface area contributed by atoms with Crippen LogP contribution in [0.15, 0.2) is 54.6 Å². The Bertz CT molecular complexity index is 1180. The third-order valence-electron chi connectivity index (χ3n) is 7.27. The lowest BCUT2D eigenvalue weighted by atomic mass is 9.79. The molecular weight excluding hydrogens is 428 g/mol. The van der Waals surface area contributed by atoms with Crippen LogP contribution in [0.2, 0.25) is 0 Å². The predicted molar refractivity (Wildman–Crippen MR) is 132 cm³/mol. The molecule has 2 aromatic carbocycles. The Labute approximate surface area is 199 Å². The molecule has 1 aliphatic heterocycles. The van der Waals surface area contributed by atoms with Crippen molar-refractivity contribution in [2.24, 2.45) is 5.41 Å². The first-order chi connectivity index (χ1) is 16.5. The number of benzene rings is 2. The lowest BCUT2D eigenvalue weighted by molar-refractivity contribution is -0.141. The van der Waals surface area contributed by atoms with E-state index < -0.39 is 5.97 Å². The molecule has 1 N–H and O–H groups in total. The molecular formula is C27H30N4O3. The number of amides is 1. The van der Waals surface area contributed by atoms with E-state index in [1.807, 2.05) is 47.4 Å². The number of carboxylic acid groups (broad SMARTS) is 1. The smallest absolute Gasteiger partial charge is 0.303 e. The summed E-state index contributed by atoms with van der Waals surface area (Å²) in [5.74, 6) is -0.0443. The van der Waals surface area contributed by atoms with Gasteiger partial charge < -0.3 is 14.9 Å². The number of carbonyl (C=O) groups excluding carboxylic acids is 1. The van der Waals surface area contributed by atoms with E-state index in [2.05, 4.69) is 17.0 Å². The summed E-state index contributed by atoms with van der Waals surface area (Å²) in [6, 6.07) is 18.2. The Balaban J connectivity index is 1.32. The fourth-order valence-corrected chi connectivity index (χ4v) is 5.47. The molecule has 3 aromatic rings. The molecule has 1 amide bonds. The number of rotatable bonds is 6. The Morgan fingerprint density at radius 2 is 1.53 bits per heavy atom. The van der Waals surface area contributed by atoms with Crippen LogP contribution in [0.3, 0.4) is 0 Å². The van der Waals surface area contributed by atoms with Crippen LogP contribution in [0.4, 0.5) is 5.95 Å². The van der Waals surface area contributed by atoms with Crippen LogP contribution >= 0.6 is 0 Å². The molecule has 5 rings (SSSR count). The largest absolute Gasteiger partial charge is 0.481 e. The summed E-state index contributed by atoms with van der Waals surface area (Å²) in [6.45, 7) is 2.51. The Hall–Kier alpha value is -3.48. The van der Waals surface area contributed by atoms with Crippen LogP contribution in [0.25, 0.3) is 22.2 Å². The zero-order valence-electron chi connectivity index (χ0n) is 19.3. The van der Waals surface area contributed by atoms with Crippen molar-refractivity contribution in [3.05, 3.63) is 54.6 Å². The zero-order valence-corrected chi connectivity index (χ0v) is 19.3. The SMILES string of the molecule is O=C(O)CC1(CC(=O)N2CCN(c3nc(-c4ccccc4)c4ccccc4n3)CC2)CCCC1. The Morgan fingerprint density at radius 1 is 0.853 bits per heavy atom. The van der Waals surface area contributed by atoms with Crippen molar-refractivity contribution in [2.45, 2.75) is 38.5 Å². The standard InChI is InChI=1S/C27H30N4O3/c32-23(18-27(19-24(33)34)12-6-7-13-27)30-14-16-31(17-15-30)26-28-22-11-5-4-10-21(22)25(29-26)20-8-2-1-3-9-20/h1-5,8-11H,6-7,12-19H2,(H,33,34). The van der Waals surface area contributed by atoms with Crippen molar-refractivity contribution in [3.8, 4) is 11.3 Å². The van der Waals surface area contributed by atoms with Gasteiger partial charge in [-0.1, -0.05) is 61.4 Å². The normalized spacial score (nSPS) is 17.8. The van der Waals surface area contributed by atoms with Crippen molar-refractivity contribution in [3.63, 3.8) is 0 Å². The van der Waals surface area contributed by atoms with Gasteiger partial charge in [-0.2, -0.15) is 0 Å². The van der Waals surface area contributed by atoms with Gasteiger partial charge in [0, 0.05) is 43.5 Å². The number of hydrogen-bond donors (Lipinski definition) is 1. The van der Waals surface area contributed by atoms with Crippen LogP contribution in [0.5, 0.6) is 0 Å². The first-order valence-corrected chi connectivity index (χ1v) is 12.1. The first-order valence-electron chi connectivity index (χ1n) is 12.1. The molecule has 34 heavy (non-hydrogen) atoms. The zero-order chi connectivity index (χ0) is 23.5. The number of nitrogens with zero attached hydrogens (tertiary/aromatic N) is 4.